The summed E-state index contributed by atoms with van der Waals surface area (Å²) in [6.07, 6.45) is 3.81. The van der Waals surface area contributed by atoms with Gasteiger partial charge in [0.15, 0.2) is 0 Å². The standard InChI is InChI=1S/C15H14N4S2.ClH/c1-20-15-12(8-13(21-15)14(16)17)19-10-4-5-11-9(7-10)3-2-6-18-11;/h2-8,19H,1H3,(H3,16,17);1H. The molecule has 0 saturated heterocycles. The predicted octanol–water partition coefficient (Wildman–Crippen LogP) is 4.47. The van der Waals surface area contributed by atoms with Gasteiger partial charge in [-0.3, -0.25) is 10.4 Å². The van der Waals surface area contributed by atoms with Crippen molar-refractivity contribution in [3.05, 3.63) is 47.5 Å². The SMILES string of the molecule is CSc1sc(C(=N)N)cc1Nc1ccc2ncccc2c1.Cl. The topological polar surface area (TPSA) is 74.8 Å². The van der Waals surface area contributed by atoms with Crippen LogP contribution in [0.15, 0.2) is 46.8 Å². The maximum Gasteiger partial charge on any atom is 0.133 e. The predicted molar refractivity (Wildman–Crippen MR) is 99.4 cm³/mol. The van der Waals surface area contributed by atoms with Gasteiger partial charge < -0.3 is 11.1 Å². The van der Waals surface area contributed by atoms with Gasteiger partial charge in [0.2, 0.25) is 0 Å². The monoisotopic (exact) mass is 350 g/mol. The molecule has 4 N–H and O–H groups in total. The zero-order valence-corrected chi connectivity index (χ0v) is 14.2. The Bertz CT molecular complexity index is 816. The summed E-state index contributed by atoms with van der Waals surface area (Å²) in [6.45, 7) is 0. The fourth-order valence-corrected chi connectivity index (χ4v) is 3.69. The lowest BCUT2D eigenvalue weighted by Crippen LogP contribution is -2.08. The number of benzene rings is 1. The van der Waals surface area contributed by atoms with Crippen molar-refractivity contribution >= 4 is 63.6 Å². The van der Waals surface area contributed by atoms with Gasteiger partial charge in [0, 0.05) is 17.3 Å². The number of anilines is 2. The number of thiophene rings is 1. The minimum absolute atomic E-state index is 0. The molecule has 7 heteroatoms. The number of nitrogens with zero attached hydrogens (tertiary/aromatic N) is 1. The van der Waals surface area contributed by atoms with E-state index in [1.807, 2.05) is 36.6 Å². The average Bonchev–Trinajstić information content (AvgIpc) is 2.90. The number of amidine groups is 1. The van der Waals surface area contributed by atoms with E-state index in [9.17, 15) is 0 Å². The fourth-order valence-electron chi connectivity index (χ4n) is 2.05. The number of hydrogen-bond donors (Lipinski definition) is 3. The van der Waals surface area contributed by atoms with Crippen LogP contribution in [-0.4, -0.2) is 17.1 Å². The number of nitrogens with two attached hydrogens (primary N) is 1. The molecule has 0 unspecified atom stereocenters. The lowest BCUT2D eigenvalue weighted by molar-refractivity contribution is 1.41. The summed E-state index contributed by atoms with van der Waals surface area (Å²) in [5, 5.41) is 12.0. The third-order valence-corrected chi connectivity index (χ3v) is 5.33. The Morgan fingerprint density at radius 2 is 2.14 bits per heavy atom. The van der Waals surface area contributed by atoms with Crippen molar-refractivity contribution in [1.29, 1.82) is 5.41 Å². The van der Waals surface area contributed by atoms with Gasteiger partial charge in [-0.15, -0.1) is 35.5 Å². The third kappa shape index (κ3) is 3.35. The first-order valence-corrected chi connectivity index (χ1v) is 8.35. The number of hydrogen-bond acceptors (Lipinski definition) is 5. The number of fused-ring (bicyclic) bond motifs is 1. The zero-order valence-electron chi connectivity index (χ0n) is 11.8. The second-order valence-corrected chi connectivity index (χ2v) is 6.59. The highest BCUT2D eigenvalue weighted by molar-refractivity contribution is 8.00. The van der Waals surface area contributed by atoms with E-state index in [0.29, 0.717) is 0 Å². The smallest absolute Gasteiger partial charge is 0.133 e. The quantitative estimate of drug-likeness (QED) is 0.368. The minimum Gasteiger partial charge on any atom is -0.383 e. The zero-order chi connectivity index (χ0) is 14.8. The fraction of sp³-hybridized carbons (Fsp3) is 0.0667. The van der Waals surface area contributed by atoms with Gasteiger partial charge in [-0.2, -0.15) is 0 Å². The van der Waals surface area contributed by atoms with E-state index in [1.165, 1.54) is 11.3 Å². The third-order valence-electron chi connectivity index (χ3n) is 3.03. The van der Waals surface area contributed by atoms with Crippen LogP contribution in [0, 0.1) is 5.41 Å². The summed E-state index contributed by atoms with van der Waals surface area (Å²) in [5.74, 6) is 0.103. The van der Waals surface area contributed by atoms with Crippen molar-refractivity contribution in [1.82, 2.24) is 4.98 Å². The molecule has 22 heavy (non-hydrogen) atoms. The molecule has 4 nitrogen and oxygen atoms in total. The Balaban J connectivity index is 0.00000176. The number of pyridine rings is 1. The Morgan fingerprint density at radius 1 is 1.32 bits per heavy atom. The number of halogens is 1. The van der Waals surface area contributed by atoms with Crippen LogP contribution < -0.4 is 11.1 Å². The van der Waals surface area contributed by atoms with E-state index < -0.39 is 0 Å². The summed E-state index contributed by atoms with van der Waals surface area (Å²) >= 11 is 3.18. The van der Waals surface area contributed by atoms with Crippen LogP contribution in [0.5, 0.6) is 0 Å². The molecule has 0 radical (unpaired) electrons. The van der Waals surface area contributed by atoms with E-state index in [-0.39, 0.29) is 18.2 Å². The number of nitrogen functional groups attached to an aromatic ring is 1. The van der Waals surface area contributed by atoms with Crippen molar-refractivity contribution in [3.63, 3.8) is 0 Å². The van der Waals surface area contributed by atoms with E-state index in [0.717, 1.165) is 31.4 Å². The average molecular weight is 351 g/mol. The van der Waals surface area contributed by atoms with Crippen molar-refractivity contribution in [2.75, 3.05) is 11.6 Å². The van der Waals surface area contributed by atoms with Gasteiger partial charge in [-0.25, -0.2) is 0 Å². The first-order valence-electron chi connectivity index (χ1n) is 6.31. The molecule has 0 aliphatic heterocycles. The Hall–Kier alpha value is -1.76. The van der Waals surface area contributed by atoms with Crippen LogP contribution in [0.3, 0.4) is 0 Å². The van der Waals surface area contributed by atoms with Gasteiger partial charge in [0.25, 0.3) is 0 Å². The second kappa shape index (κ2) is 7.00. The van der Waals surface area contributed by atoms with E-state index in [1.54, 1.807) is 18.0 Å². The lowest BCUT2D eigenvalue weighted by Gasteiger charge is -2.07. The first kappa shape index (κ1) is 16.6. The number of thioether (sulfide) groups is 1. The highest BCUT2D eigenvalue weighted by Gasteiger charge is 2.10. The molecule has 0 aliphatic carbocycles. The molecule has 2 aromatic heterocycles. The van der Waals surface area contributed by atoms with Crippen molar-refractivity contribution in [2.24, 2.45) is 5.73 Å². The summed E-state index contributed by atoms with van der Waals surface area (Å²) in [5.41, 5.74) is 8.53. The molecule has 114 valence electrons. The summed E-state index contributed by atoms with van der Waals surface area (Å²) in [7, 11) is 0. The molecule has 1 aromatic carbocycles. The highest BCUT2D eigenvalue weighted by Crippen LogP contribution is 2.36. The number of rotatable bonds is 4. The van der Waals surface area contributed by atoms with E-state index >= 15 is 0 Å². The molecule has 3 rings (SSSR count). The minimum atomic E-state index is 0. The van der Waals surface area contributed by atoms with Gasteiger partial charge in [-0.05, 0) is 36.6 Å². The van der Waals surface area contributed by atoms with Crippen LogP contribution in [0.4, 0.5) is 11.4 Å². The molecule has 0 bridgehead atoms. The van der Waals surface area contributed by atoms with E-state index in [2.05, 4.69) is 16.4 Å². The molecule has 0 amide bonds. The second-order valence-electron chi connectivity index (χ2n) is 4.47. The molecule has 3 aromatic rings. The van der Waals surface area contributed by atoms with Crippen LogP contribution in [0.1, 0.15) is 4.88 Å². The molecule has 0 atom stereocenters. The Kier molecular flexibility index (Phi) is 5.28. The number of aromatic nitrogens is 1. The highest BCUT2D eigenvalue weighted by atomic mass is 35.5. The van der Waals surface area contributed by atoms with Gasteiger partial charge in [0.05, 0.1) is 20.3 Å². The maximum atomic E-state index is 7.55. The normalized spacial score (nSPS) is 10.2. The molecule has 0 aliphatic rings. The van der Waals surface area contributed by atoms with Gasteiger partial charge in [-0.1, -0.05) is 6.07 Å². The van der Waals surface area contributed by atoms with Crippen LogP contribution in [-0.2, 0) is 0 Å². The Morgan fingerprint density at radius 3 is 2.86 bits per heavy atom. The summed E-state index contributed by atoms with van der Waals surface area (Å²) in [4.78, 5) is 5.10. The lowest BCUT2D eigenvalue weighted by atomic mass is 10.2. The molecule has 0 fully saturated rings. The summed E-state index contributed by atoms with van der Waals surface area (Å²) in [6, 6.07) is 12.0. The van der Waals surface area contributed by atoms with Crippen LogP contribution in [0.25, 0.3) is 10.9 Å². The molecule has 0 saturated carbocycles. The van der Waals surface area contributed by atoms with Crippen LogP contribution in [0.2, 0.25) is 0 Å². The molecular formula is C15H15ClN4S2. The maximum absolute atomic E-state index is 7.55. The largest absolute Gasteiger partial charge is 0.383 e. The van der Waals surface area contributed by atoms with Gasteiger partial charge in [0.1, 0.15) is 5.84 Å². The van der Waals surface area contributed by atoms with Crippen LogP contribution >= 0.6 is 35.5 Å². The van der Waals surface area contributed by atoms with Crippen molar-refractivity contribution in [3.8, 4) is 0 Å². The molecule has 0 spiro atoms. The Labute approximate surface area is 143 Å². The first-order chi connectivity index (χ1) is 10.2. The summed E-state index contributed by atoms with van der Waals surface area (Å²) < 4.78 is 1.12. The molecule has 2 heterocycles. The van der Waals surface area contributed by atoms with Crippen molar-refractivity contribution in [2.45, 2.75) is 4.21 Å². The van der Waals surface area contributed by atoms with E-state index in [4.69, 9.17) is 11.1 Å². The van der Waals surface area contributed by atoms with Crippen molar-refractivity contribution < 1.29 is 0 Å². The molecular weight excluding hydrogens is 336 g/mol. The van der Waals surface area contributed by atoms with Gasteiger partial charge >= 0.3 is 0 Å². The number of nitrogens with one attached hydrogen (secondary N) is 2.